The molecular formula is C20H25ClN4OS. The second kappa shape index (κ2) is 8.17. The van der Waals surface area contributed by atoms with E-state index < -0.39 is 0 Å². The van der Waals surface area contributed by atoms with E-state index in [4.69, 9.17) is 16.7 Å². The van der Waals surface area contributed by atoms with Crippen molar-refractivity contribution in [1.82, 2.24) is 20.0 Å². The molecule has 1 aliphatic heterocycles. The van der Waals surface area contributed by atoms with Gasteiger partial charge < -0.3 is 10.2 Å². The van der Waals surface area contributed by atoms with Crippen LogP contribution in [0.15, 0.2) is 24.8 Å². The van der Waals surface area contributed by atoms with Gasteiger partial charge in [0.15, 0.2) is 5.69 Å². The second-order valence-electron chi connectivity index (χ2n) is 7.27. The molecule has 5 nitrogen and oxygen atoms in total. The van der Waals surface area contributed by atoms with E-state index in [1.807, 2.05) is 21.7 Å². The number of carbonyl (C=O) groups is 1. The summed E-state index contributed by atoms with van der Waals surface area (Å²) in [5.41, 5.74) is 2.98. The fraction of sp³-hybridized carbons (Fsp3) is 0.500. The molecule has 1 amide bonds. The molecule has 0 radical (unpaired) electrons. The van der Waals surface area contributed by atoms with Crippen molar-refractivity contribution >= 4 is 28.8 Å². The number of thiophene rings is 1. The first-order valence-corrected chi connectivity index (χ1v) is 10.8. The fourth-order valence-electron chi connectivity index (χ4n) is 4.07. The Hall–Kier alpha value is -1.63. The summed E-state index contributed by atoms with van der Waals surface area (Å²) in [5.74, 6) is 0.0947. The maximum absolute atomic E-state index is 13.0. The van der Waals surface area contributed by atoms with Crippen LogP contribution in [-0.4, -0.2) is 39.7 Å². The Kier molecular flexibility index (Phi) is 5.66. The lowest BCUT2D eigenvalue weighted by molar-refractivity contribution is 0.0785. The Morgan fingerprint density at radius 2 is 2.22 bits per heavy atom. The van der Waals surface area contributed by atoms with Crippen LogP contribution in [0.4, 0.5) is 0 Å². The Morgan fingerprint density at radius 1 is 1.41 bits per heavy atom. The molecule has 1 atom stereocenters. The molecule has 4 rings (SSSR count). The van der Waals surface area contributed by atoms with Crippen LogP contribution in [0.25, 0.3) is 0 Å². The lowest BCUT2D eigenvalue weighted by Gasteiger charge is -2.25. The zero-order valence-corrected chi connectivity index (χ0v) is 17.0. The third-order valence-electron chi connectivity index (χ3n) is 5.44. The van der Waals surface area contributed by atoms with Crippen molar-refractivity contribution in [1.29, 1.82) is 0 Å². The topological polar surface area (TPSA) is 50.2 Å². The summed E-state index contributed by atoms with van der Waals surface area (Å²) >= 11 is 7.64. The van der Waals surface area contributed by atoms with Crippen LogP contribution in [0.1, 0.15) is 45.9 Å². The number of halogens is 1. The van der Waals surface area contributed by atoms with Crippen LogP contribution in [0.5, 0.6) is 0 Å². The summed E-state index contributed by atoms with van der Waals surface area (Å²) in [7, 11) is 0. The first-order valence-electron chi connectivity index (χ1n) is 9.62. The third-order valence-corrected chi connectivity index (χ3v) is 6.67. The summed E-state index contributed by atoms with van der Waals surface area (Å²) in [6.07, 6.45) is 6.87. The average molecular weight is 405 g/mol. The van der Waals surface area contributed by atoms with Gasteiger partial charge in [-0.2, -0.15) is 5.10 Å². The molecule has 1 saturated heterocycles. The van der Waals surface area contributed by atoms with Crippen molar-refractivity contribution in [2.75, 3.05) is 13.1 Å². The zero-order valence-electron chi connectivity index (χ0n) is 15.4. The van der Waals surface area contributed by atoms with Crippen LogP contribution in [0.3, 0.4) is 0 Å². The maximum atomic E-state index is 13.0. The van der Waals surface area contributed by atoms with Gasteiger partial charge in [0.2, 0.25) is 0 Å². The molecule has 2 aromatic heterocycles. The minimum atomic E-state index is 0.0947. The predicted octanol–water partition coefficient (Wildman–Crippen LogP) is 3.67. The van der Waals surface area contributed by atoms with Gasteiger partial charge in [0.1, 0.15) is 0 Å². The molecule has 1 N–H and O–H groups in total. The quantitative estimate of drug-likeness (QED) is 0.747. The molecule has 7 heteroatoms. The molecule has 1 aliphatic carbocycles. The van der Waals surface area contributed by atoms with Crippen molar-refractivity contribution in [2.45, 2.75) is 51.2 Å². The normalized spacial score (nSPS) is 19.3. The molecule has 0 saturated carbocycles. The molecule has 1 unspecified atom stereocenters. The van der Waals surface area contributed by atoms with Crippen molar-refractivity contribution in [3.63, 3.8) is 0 Å². The summed E-state index contributed by atoms with van der Waals surface area (Å²) in [6.45, 7) is 7.01. The highest BCUT2D eigenvalue weighted by Gasteiger charge is 2.31. The van der Waals surface area contributed by atoms with Gasteiger partial charge >= 0.3 is 0 Å². The van der Waals surface area contributed by atoms with Crippen LogP contribution in [0.2, 0.25) is 4.34 Å². The van der Waals surface area contributed by atoms with Crippen molar-refractivity contribution < 1.29 is 4.79 Å². The van der Waals surface area contributed by atoms with Gasteiger partial charge in [0.25, 0.3) is 5.91 Å². The minimum Gasteiger partial charge on any atom is -0.337 e. The highest BCUT2D eigenvalue weighted by Crippen LogP contribution is 2.28. The van der Waals surface area contributed by atoms with Gasteiger partial charge in [0.05, 0.1) is 10.9 Å². The summed E-state index contributed by atoms with van der Waals surface area (Å²) in [5, 5.41) is 8.33. The smallest absolute Gasteiger partial charge is 0.274 e. The predicted molar refractivity (Wildman–Crippen MR) is 110 cm³/mol. The van der Waals surface area contributed by atoms with Gasteiger partial charge in [-0.25, -0.2) is 0 Å². The highest BCUT2D eigenvalue weighted by atomic mass is 35.5. The molecule has 144 valence electrons. The standard InChI is InChI=1S/C20H25ClN4OS/c1-2-9-25-17-7-5-14(22-13-15-6-8-18(21)27-15)12-16(17)19(23-25)20(26)24-10-3-4-11-24/h2,6,8,14,22H,1,3-5,7,9-13H2. The first-order chi connectivity index (χ1) is 13.2. The molecule has 1 fully saturated rings. The number of allylic oxidation sites excluding steroid dienone is 1. The van der Waals surface area contributed by atoms with E-state index in [0.29, 0.717) is 18.3 Å². The van der Waals surface area contributed by atoms with Gasteiger partial charge in [-0.15, -0.1) is 17.9 Å². The summed E-state index contributed by atoms with van der Waals surface area (Å²) in [4.78, 5) is 16.2. The van der Waals surface area contributed by atoms with Gasteiger partial charge in [-0.1, -0.05) is 17.7 Å². The Morgan fingerprint density at radius 3 is 2.93 bits per heavy atom. The molecule has 0 bridgehead atoms. The number of nitrogens with one attached hydrogen (secondary N) is 1. The van der Waals surface area contributed by atoms with E-state index in [9.17, 15) is 4.79 Å². The van der Waals surface area contributed by atoms with Gasteiger partial charge in [-0.05, 0) is 44.2 Å². The Balaban J connectivity index is 1.52. The number of nitrogens with zero attached hydrogens (tertiary/aromatic N) is 3. The van der Waals surface area contributed by atoms with Crippen LogP contribution in [0, 0.1) is 0 Å². The molecule has 2 aliphatic rings. The third kappa shape index (κ3) is 3.98. The first kappa shape index (κ1) is 18.7. The number of fused-ring (bicyclic) bond motifs is 1. The number of hydrogen-bond acceptors (Lipinski definition) is 4. The molecule has 0 aromatic carbocycles. The highest BCUT2D eigenvalue weighted by molar-refractivity contribution is 7.16. The van der Waals surface area contributed by atoms with E-state index in [2.05, 4.69) is 18.0 Å². The van der Waals surface area contributed by atoms with Crippen LogP contribution >= 0.6 is 22.9 Å². The number of amides is 1. The molecule has 3 heterocycles. The zero-order chi connectivity index (χ0) is 18.8. The molecular weight excluding hydrogens is 380 g/mol. The monoisotopic (exact) mass is 404 g/mol. The number of hydrogen-bond donors (Lipinski definition) is 1. The number of rotatable bonds is 6. The number of carbonyl (C=O) groups excluding carboxylic acids is 1. The van der Waals surface area contributed by atoms with Crippen molar-refractivity contribution in [2.24, 2.45) is 0 Å². The maximum Gasteiger partial charge on any atom is 0.274 e. The van der Waals surface area contributed by atoms with Crippen molar-refractivity contribution in [3.8, 4) is 0 Å². The summed E-state index contributed by atoms with van der Waals surface area (Å²) < 4.78 is 2.79. The van der Waals surface area contributed by atoms with E-state index in [0.717, 1.165) is 61.6 Å². The van der Waals surface area contributed by atoms with E-state index in [1.165, 1.54) is 10.6 Å². The molecule has 2 aromatic rings. The lowest BCUT2D eigenvalue weighted by atomic mass is 9.91. The largest absolute Gasteiger partial charge is 0.337 e. The SMILES string of the molecule is C=CCn1nc(C(=O)N2CCCC2)c2c1CCC(NCc1ccc(Cl)s1)C2. The van der Waals surface area contributed by atoms with Gasteiger partial charge in [-0.3, -0.25) is 9.48 Å². The summed E-state index contributed by atoms with van der Waals surface area (Å²) in [6, 6.07) is 4.36. The number of likely N-dealkylation sites (tertiary alicyclic amines) is 1. The van der Waals surface area contributed by atoms with Crippen LogP contribution in [-0.2, 0) is 25.9 Å². The lowest BCUT2D eigenvalue weighted by Crippen LogP contribution is -2.35. The van der Waals surface area contributed by atoms with Crippen LogP contribution < -0.4 is 5.32 Å². The van der Waals surface area contributed by atoms with Crippen molar-refractivity contribution in [3.05, 3.63) is 51.0 Å². The number of aromatic nitrogens is 2. The fourth-order valence-corrected chi connectivity index (χ4v) is 5.11. The Bertz CT molecular complexity index is 837. The average Bonchev–Trinajstić information content (AvgIpc) is 3.40. The minimum absolute atomic E-state index is 0.0947. The van der Waals surface area contributed by atoms with E-state index in [-0.39, 0.29) is 5.91 Å². The molecule has 27 heavy (non-hydrogen) atoms. The second-order valence-corrected chi connectivity index (χ2v) is 9.07. The Labute approximate surface area is 169 Å². The molecule has 0 spiro atoms. The van der Waals surface area contributed by atoms with Gasteiger partial charge in [0, 0.05) is 41.8 Å². The van der Waals surface area contributed by atoms with E-state index in [1.54, 1.807) is 11.3 Å². The van der Waals surface area contributed by atoms with E-state index >= 15 is 0 Å².